The molecule has 0 saturated heterocycles. The number of halogens is 3. The fraction of sp³-hybridized carbons (Fsp3) is 0.294. The van der Waals surface area contributed by atoms with Gasteiger partial charge >= 0.3 is 0 Å². The zero-order valence-electron chi connectivity index (χ0n) is 12.1. The molecule has 0 bridgehead atoms. The molecule has 0 aromatic heterocycles. The lowest BCUT2D eigenvalue weighted by Gasteiger charge is -2.19. The summed E-state index contributed by atoms with van der Waals surface area (Å²) in [5.74, 6) is -0.396. The molecule has 1 atom stereocenters. The summed E-state index contributed by atoms with van der Waals surface area (Å²) >= 11 is 12.0. The molecule has 0 spiro atoms. The summed E-state index contributed by atoms with van der Waals surface area (Å²) < 4.78 is 13.7. The van der Waals surface area contributed by atoms with E-state index in [9.17, 15) is 4.39 Å². The van der Waals surface area contributed by atoms with Crippen LogP contribution in [-0.4, -0.2) is 6.54 Å². The van der Waals surface area contributed by atoms with Crippen molar-refractivity contribution in [2.75, 3.05) is 6.54 Å². The van der Waals surface area contributed by atoms with E-state index in [1.807, 2.05) is 38.1 Å². The van der Waals surface area contributed by atoms with Crippen LogP contribution in [0.3, 0.4) is 0 Å². The first-order valence-electron chi connectivity index (χ1n) is 6.94. The van der Waals surface area contributed by atoms with Crippen molar-refractivity contribution in [1.29, 1.82) is 0 Å². The average Bonchev–Trinajstić information content (AvgIpc) is 2.44. The van der Waals surface area contributed by atoms with Crippen LogP contribution in [0.1, 0.15) is 29.7 Å². The predicted molar refractivity (Wildman–Crippen MR) is 87.7 cm³/mol. The molecule has 0 heterocycles. The van der Waals surface area contributed by atoms with Gasteiger partial charge in [0.25, 0.3) is 0 Å². The molecule has 0 aliphatic rings. The van der Waals surface area contributed by atoms with E-state index in [0.717, 1.165) is 28.3 Å². The average molecular weight is 326 g/mol. The zero-order valence-corrected chi connectivity index (χ0v) is 13.6. The lowest BCUT2D eigenvalue weighted by Crippen LogP contribution is -2.23. The van der Waals surface area contributed by atoms with Gasteiger partial charge in [-0.25, -0.2) is 4.39 Å². The topological polar surface area (TPSA) is 12.0 Å². The van der Waals surface area contributed by atoms with Crippen LogP contribution in [0, 0.1) is 12.7 Å². The van der Waals surface area contributed by atoms with Crippen molar-refractivity contribution in [1.82, 2.24) is 5.32 Å². The summed E-state index contributed by atoms with van der Waals surface area (Å²) in [6.07, 6.45) is 0.702. The van der Waals surface area contributed by atoms with Crippen molar-refractivity contribution in [2.24, 2.45) is 0 Å². The largest absolute Gasteiger partial charge is 0.310 e. The van der Waals surface area contributed by atoms with Crippen LogP contribution in [0.25, 0.3) is 0 Å². The van der Waals surface area contributed by atoms with Gasteiger partial charge in [-0.15, -0.1) is 0 Å². The van der Waals surface area contributed by atoms with E-state index >= 15 is 0 Å². The molecule has 0 amide bonds. The Hall–Kier alpha value is -1.09. The Morgan fingerprint density at radius 2 is 1.86 bits per heavy atom. The van der Waals surface area contributed by atoms with E-state index in [1.54, 1.807) is 6.07 Å². The molecular weight excluding hydrogens is 308 g/mol. The number of hydrogen-bond acceptors (Lipinski definition) is 1. The summed E-state index contributed by atoms with van der Waals surface area (Å²) in [6.45, 7) is 4.82. The van der Waals surface area contributed by atoms with Crippen LogP contribution >= 0.6 is 23.2 Å². The Labute approximate surface area is 135 Å². The molecule has 1 nitrogen and oxygen atoms in total. The predicted octanol–water partition coefficient (Wildman–Crippen LogP) is 5.33. The quantitative estimate of drug-likeness (QED) is 0.782. The fourth-order valence-corrected chi connectivity index (χ4v) is 2.75. The van der Waals surface area contributed by atoms with Crippen molar-refractivity contribution in [3.05, 3.63) is 69.0 Å². The van der Waals surface area contributed by atoms with Gasteiger partial charge in [0.2, 0.25) is 0 Å². The monoisotopic (exact) mass is 325 g/mol. The lowest BCUT2D eigenvalue weighted by atomic mass is 9.98. The standard InChI is InChI=1S/C17H18Cl2FN/c1-3-21-17(13-6-7-14(18)16(20)9-13)10-12-5-4-11(2)8-15(12)19/h4-9,17,21H,3,10H2,1-2H3. The molecule has 112 valence electrons. The van der Waals surface area contributed by atoms with Gasteiger partial charge in [0, 0.05) is 11.1 Å². The van der Waals surface area contributed by atoms with Crippen LogP contribution in [-0.2, 0) is 6.42 Å². The van der Waals surface area contributed by atoms with Gasteiger partial charge in [-0.05, 0) is 54.8 Å². The fourth-order valence-electron chi connectivity index (χ4n) is 2.32. The van der Waals surface area contributed by atoms with E-state index in [-0.39, 0.29) is 11.1 Å². The molecule has 2 aromatic carbocycles. The Balaban J connectivity index is 2.28. The normalized spacial score (nSPS) is 12.4. The van der Waals surface area contributed by atoms with E-state index in [2.05, 4.69) is 5.32 Å². The summed E-state index contributed by atoms with van der Waals surface area (Å²) in [6, 6.07) is 10.9. The van der Waals surface area contributed by atoms with Crippen LogP contribution < -0.4 is 5.32 Å². The molecule has 1 unspecified atom stereocenters. The van der Waals surface area contributed by atoms with E-state index in [0.29, 0.717) is 6.42 Å². The van der Waals surface area contributed by atoms with E-state index in [1.165, 1.54) is 6.07 Å². The minimum Gasteiger partial charge on any atom is -0.310 e. The summed E-state index contributed by atoms with van der Waals surface area (Å²) in [5.41, 5.74) is 3.04. The summed E-state index contributed by atoms with van der Waals surface area (Å²) in [7, 11) is 0. The molecule has 0 saturated carbocycles. The molecule has 2 rings (SSSR count). The third-order valence-corrected chi connectivity index (χ3v) is 4.09. The van der Waals surface area contributed by atoms with E-state index in [4.69, 9.17) is 23.2 Å². The third-order valence-electron chi connectivity index (χ3n) is 3.43. The first-order chi connectivity index (χ1) is 10.0. The maximum absolute atomic E-state index is 13.7. The first-order valence-corrected chi connectivity index (χ1v) is 7.70. The summed E-state index contributed by atoms with van der Waals surface area (Å²) in [4.78, 5) is 0. The molecule has 2 aromatic rings. The number of benzene rings is 2. The second-order valence-electron chi connectivity index (χ2n) is 5.08. The lowest BCUT2D eigenvalue weighted by molar-refractivity contribution is 0.543. The number of aryl methyl sites for hydroxylation is 1. The maximum atomic E-state index is 13.7. The highest BCUT2D eigenvalue weighted by Crippen LogP contribution is 2.26. The Morgan fingerprint density at radius 1 is 1.10 bits per heavy atom. The Bertz CT molecular complexity index is 628. The van der Waals surface area contributed by atoms with Crippen LogP contribution in [0.4, 0.5) is 4.39 Å². The van der Waals surface area contributed by atoms with Crippen molar-refractivity contribution < 1.29 is 4.39 Å². The van der Waals surface area contributed by atoms with Gasteiger partial charge in [-0.3, -0.25) is 0 Å². The van der Waals surface area contributed by atoms with Crippen LogP contribution in [0.15, 0.2) is 36.4 Å². The number of nitrogens with one attached hydrogen (secondary N) is 1. The van der Waals surface area contributed by atoms with Gasteiger partial charge in [-0.2, -0.15) is 0 Å². The third kappa shape index (κ3) is 4.19. The van der Waals surface area contributed by atoms with Gasteiger partial charge in [0.05, 0.1) is 5.02 Å². The van der Waals surface area contributed by atoms with E-state index < -0.39 is 5.82 Å². The summed E-state index contributed by atoms with van der Waals surface area (Å²) in [5, 5.41) is 4.25. The van der Waals surface area contributed by atoms with Crippen LogP contribution in [0.5, 0.6) is 0 Å². The minimum absolute atomic E-state index is 0.00183. The zero-order chi connectivity index (χ0) is 15.4. The Kier molecular flexibility index (Phi) is 5.63. The SMILES string of the molecule is CCNC(Cc1ccc(C)cc1Cl)c1ccc(Cl)c(F)c1. The second kappa shape index (κ2) is 7.26. The first kappa shape index (κ1) is 16.3. The molecule has 4 heteroatoms. The molecular formula is C17H18Cl2FN. The highest BCUT2D eigenvalue weighted by atomic mass is 35.5. The van der Waals surface area contributed by atoms with Gasteiger partial charge in [0.1, 0.15) is 5.82 Å². The highest BCUT2D eigenvalue weighted by molar-refractivity contribution is 6.31. The number of hydrogen-bond donors (Lipinski definition) is 1. The molecule has 1 N–H and O–H groups in total. The van der Waals surface area contributed by atoms with Crippen molar-refractivity contribution in [3.63, 3.8) is 0 Å². The van der Waals surface area contributed by atoms with Gasteiger partial charge in [-0.1, -0.05) is 48.3 Å². The number of rotatable bonds is 5. The number of likely N-dealkylation sites (N-methyl/N-ethyl adjacent to an activating group) is 1. The molecule has 0 radical (unpaired) electrons. The molecule has 21 heavy (non-hydrogen) atoms. The van der Waals surface area contributed by atoms with Crippen molar-refractivity contribution >= 4 is 23.2 Å². The van der Waals surface area contributed by atoms with Gasteiger partial charge < -0.3 is 5.32 Å². The molecule has 0 fully saturated rings. The highest BCUT2D eigenvalue weighted by Gasteiger charge is 2.15. The second-order valence-corrected chi connectivity index (χ2v) is 5.90. The smallest absolute Gasteiger partial charge is 0.142 e. The maximum Gasteiger partial charge on any atom is 0.142 e. The van der Waals surface area contributed by atoms with Gasteiger partial charge in [0.15, 0.2) is 0 Å². The van der Waals surface area contributed by atoms with Crippen molar-refractivity contribution in [3.8, 4) is 0 Å². The minimum atomic E-state index is -0.396. The Morgan fingerprint density at radius 3 is 2.48 bits per heavy atom. The van der Waals surface area contributed by atoms with Crippen LogP contribution in [0.2, 0.25) is 10.0 Å². The van der Waals surface area contributed by atoms with Crippen molar-refractivity contribution in [2.45, 2.75) is 26.3 Å². The molecule has 0 aliphatic heterocycles. The molecule has 0 aliphatic carbocycles.